The highest BCUT2D eigenvalue weighted by Gasteiger charge is 2.49. The van der Waals surface area contributed by atoms with Crippen molar-refractivity contribution in [2.45, 2.75) is 50.8 Å². The van der Waals surface area contributed by atoms with Gasteiger partial charge in [-0.3, -0.25) is 4.79 Å². The molecule has 8 nitrogen and oxygen atoms in total. The predicted octanol–water partition coefficient (Wildman–Crippen LogP) is 3.89. The zero-order chi connectivity index (χ0) is 26.0. The Balaban J connectivity index is 1.53. The lowest BCUT2D eigenvalue weighted by molar-refractivity contribution is -0.293. The molecule has 0 aliphatic carbocycles. The largest absolute Gasteiger partial charge is 0.497 e. The Morgan fingerprint density at radius 3 is 2.03 bits per heavy atom. The number of hydrogen-bond acceptors (Lipinski definition) is 8. The van der Waals surface area contributed by atoms with Crippen molar-refractivity contribution in [3.8, 4) is 11.5 Å². The number of ether oxygens (including phenoxy) is 6. The fourth-order valence-electron chi connectivity index (χ4n) is 4.05. The van der Waals surface area contributed by atoms with Gasteiger partial charge in [0.25, 0.3) is 0 Å². The van der Waals surface area contributed by atoms with Gasteiger partial charge < -0.3 is 33.5 Å². The van der Waals surface area contributed by atoms with Crippen LogP contribution in [0.15, 0.2) is 84.9 Å². The minimum Gasteiger partial charge on any atom is -0.497 e. The van der Waals surface area contributed by atoms with Gasteiger partial charge in [0, 0.05) is 6.92 Å². The summed E-state index contributed by atoms with van der Waals surface area (Å²) in [6.45, 7) is 1.92. The number of rotatable bonds is 11. The van der Waals surface area contributed by atoms with Crippen molar-refractivity contribution in [2.24, 2.45) is 0 Å². The summed E-state index contributed by atoms with van der Waals surface area (Å²) in [5, 5.41) is 11.2. The van der Waals surface area contributed by atoms with Crippen molar-refractivity contribution in [2.75, 3.05) is 13.7 Å². The summed E-state index contributed by atoms with van der Waals surface area (Å²) in [4.78, 5) is 12.0. The second kappa shape index (κ2) is 13.2. The summed E-state index contributed by atoms with van der Waals surface area (Å²) in [5.74, 6) is 0.599. The molecule has 3 aromatic carbocycles. The molecule has 3 aromatic rings. The van der Waals surface area contributed by atoms with Gasteiger partial charge in [0.1, 0.15) is 29.8 Å². The zero-order valence-corrected chi connectivity index (χ0v) is 20.9. The van der Waals surface area contributed by atoms with Crippen LogP contribution >= 0.6 is 0 Å². The Morgan fingerprint density at radius 2 is 1.43 bits per heavy atom. The summed E-state index contributed by atoms with van der Waals surface area (Å²) in [7, 11) is 1.58. The van der Waals surface area contributed by atoms with E-state index in [0.29, 0.717) is 18.1 Å². The first-order valence-electron chi connectivity index (χ1n) is 12.1. The molecule has 196 valence electrons. The smallest absolute Gasteiger partial charge is 0.303 e. The van der Waals surface area contributed by atoms with E-state index in [2.05, 4.69) is 0 Å². The van der Waals surface area contributed by atoms with E-state index in [9.17, 15) is 9.90 Å². The molecule has 1 saturated heterocycles. The quantitative estimate of drug-likeness (QED) is 0.390. The van der Waals surface area contributed by atoms with Crippen LogP contribution < -0.4 is 9.47 Å². The van der Waals surface area contributed by atoms with Crippen LogP contribution in [0.4, 0.5) is 0 Å². The molecule has 37 heavy (non-hydrogen) atoms. The van der Waals surface area contributed by atoms with E-state index in [4.69, 9.17) is 28.4 Å². The van der Waals surface area contributed by atoms with Crippen LogP contribution in [0.25, 0.3) is 0 Å². The van der Waals surface area contributed by atoms with E-state index in [1.54, 1.807) is 31.4 Å². The third-order valence-corrected chi connectivity index (χ3v) is 5.91. The molecule has 0 unspecified atom stereocenters. The monoisotopic (exact) mass is 508 g/mol. The van der Waals surface area contributed by atoms with Crippen LogP contribution in [-0.2, 0) is 37.0 Å². The van der Waals surface area contributed by atoms with Crippen LogP contribution in [0.3, 0.4) is 0 Å². The summed E-state index contributed by atoms with van der Waals surface area (Å²) >= 11 is 0. The minimum absolute atomic E-state index is 0.0799. The lowest BCUT2D eigenvalue weighted by Gasteiger charge is -2.43. The molecule has 0 bridgehead atoms. The first-order valence-corrected chi connectivity index (χ1v) is 12.1. The highest BCUT2D eigenvalue weighted by molar-refractivity contribution is 5.66. The molecular weight excluding hydrogens is 476 g/mol. The molecule has 5 atom stereocenters. The van der Waals surface area contributed by atoms with Crippen LogP contribution in [0.5, 0.6) is 11.5 Å². The Morgan fingerprint density at radius 1 is 0.838 bits per heavy atom. The van der Waals surface area contributed by atoms with Crippen molar-refractivity contribution in [3.05, 3.63) is 96.1 Å². The first kappa shape index (κ1) is 26.6. The summed E-state index contributed by atoms with van der Waals surface area (Å²) in [6, 6.07) is 26.2. The third kappa shape index (κ3) is 7.53. The fourth-order valence-corrected chi connectivity index (χ4v) is 4.05. The number of carbonyl (C=O) groups excluding carboxylic acids is 1. The molecule has 0 saturated carbocycles. The molecule has 1 aliphatic heterocycles. The Labute approximate surface area is 216 Å². The van der Waals surface area contributed by atoms with Gasteiger partial charge in [-0.1, -0.05) is 60.7 Å². The molecule has 0 aromatic heterocycles. The molecule has 8 heteroatoms. The number of carbonyl (C=O) groups is 1. The van der Waals surface area contributed by atoms with E-state index in [1.165, 1.54) is 6.92 Å². The van der Waals surface area contributed by atoms with E-state index in [0.717, 1.165) is 11.1 Å². The van der Waals surface area contributed by atoms with E-state index < -0.39 is 36.7 Å². The van der Waals surface area contributed by atoms with Crippen LogP contribution in [-0.4, -0.2) is 55.5 Å². The maximum Gasteiger partial charge on any atom is 0.303 e. The maximum atomic E-state index is 12.0. The topological polar surface area (TPSA) is 92.7 Å². The van der Waals surface area contributed by atoms with Gasteiger partial charge in [-0.05, 0) is 35.4 Å². The molecule has 1 N–H and O–H groups in total. The van der Waals surface area contributed by atoms with E-state index >= 15 is 0 Å². The van der Waals surface area contributed by atoms with Crippen LogP contribution in [0.1, 0.15) is 18.1 Å². The van der Waals surface area contributed by atoms with E-state index in [-0.39, 0.29) is 13.2 Å². The van der Waals surface area contributed by atoms with Gasteiger partial charge in [-0.15, -0.1) is 0 Å². The second-order valence-corrected chi connectivity index (χ2v) is 8.66. The molecule has 1 aliphatic rings. The fraction of sp³-hybridized carbons (Fsp3) is 0.345. The van der Waals surface area contributed by atoms with Crippen molar-refractivity contribution in [1.29, 1.82) is 0 Å². The SMILES string of the molecule is COc1ccc(O[C@@H]2O[C@H](COCc3ccccc3)[C@@H](O)[C@H](OCc3ccccc3)[C@H]2OC(C)=O)cc1. The predicted molar refractivity (Wildman–Crippen MR) is 135 cm³/mol. The second-order valence-electron chi connectivity index (χ2n) is 8.66. The highest BCUT2D eigenvalue weighted by atomic mass is 16.7. The summed E-state index contributed by atoms with van der Waals surface area (Å²) < 4.78 is 35.0. The zero-order valence-electron chi connectivity index (χ0n) is 20.9. The van der Waals surface area contributed by atoms with Crippen molar-refractivity contribution >= 4 is 5.97 Å². The van der Waals surface area contributed by atoms with Crippen LogP contribution in [0, 0.1) is 0 Å². The number of methoxy groups -OCH3 is 1. The maximum absolute atomic E-state index is 12.0. The molecule has 0 amide bonds. The van der Waals surface area contributed by atoms with Gasteiger partial charge in [-0.2, -0.15) is 0 Å². The molecule has 1 heterocycles. The highest BCUT2D eigenvalue weighted by Crippen LogP contribution is 2.30. The Bertz CT molecular complexity index is 1090. The van der Waals surface area contributed by atoms with Gasteiger partial charge in [0.2, 0.25) is 6.29 Å². The molecular formula is C29H32O8. The standard InChI is InChI=1S/C29H32O8/c1-20(30)35-28-27(34-18-22-11-7-4-8-12-22)26(31)25(19-33-17-21-9-5-3-6-10-21)37-29(28)36-24-15-13-23(32-2)14-16-24/h3-16,25-29,31H,17-19H2,1-2H3/t25-,26-,27+,28-,29-/m1/s1. The van der Waals surface area contributed by atoms with Crippen molar-refractivity contribution < 1.29 is 38.3 Å². The summed E-state index contributed by atoms with van der Waals surface area (Å²) in [6.07, 6.45) is -4.93. The van der Waals surface area contributed by atoms with Crippen molar-refractivity contribution in [1.82, 2.24) is 0 Å². The molecule has 0 radical (unpaired) electrons. The average molecular weight is 509 g/mol. The van der Waals surface area contributed by atoms with Gasteiger partial charge in [0.05, 0.1) is 26.9 Å². The number of aliphatic hydroxyl groups is 1. The van der Waals surface area contributed by atoms with Crippen molar-refractivity contribution in [3.63, 3.8) is 0 Å². The third-order valence-electron chi connectivity index (χ3n) is 5.91. The average Bonchev–Trinajstić information content (AvgIpc) is 2.92. The lowest BCUT2D eigenvalue weighted by atomic mass is 9.98. The minimum atomic E-state index is -1.14. The summed E-state index contributed by atoms with van der Waals surface area (Å²) in [5.41, 5.74) is 1.90. The molecule has 4 rings (SSSR count). The normalized spacial score (nSPS) is 23.3. The van der Waals surface area contributed by atoms with Crippen LogP contribution in [0.2, 0.25) is 0 Å². The van der Waals surface area contributed by atoms with Gasteiger partial charge in [-0.25, -0.2) is 0 Å². The van der Waals surface area contributed by atoms with Gasteiger partial charge >= 0.3 is 5.97 Å². The number of hydrogen-bond donors (Lipinski definition) is 1. The first-order chi connectivity index (χ1) is 18.0. The molecule has 1 fully saturated rings. The van der Waals surface area contributed by atoms with E-state index in [1.807, 2.05) is 60.7 Å². The Kier molecular flexibility index (Phi) is 9.51. The number of benzene rings is 3. The number of aliphatic hydroxyl groups excluding tert-OH is 1. The molecule has 0 spiro atoms. The number of esters is 1. The lowest BCUT2D eigenvalue weighted by Crippen LogP contribution is -2.62. The Hall–Kier alpha value is -3.43. The van der Waals surface area contributed by atoms with Gasteiger partial charge in [0.15, 0.2) is 6.10 Å².